The number of carbonyl (C=O) groups is 2. The molecule has 160 valence electrons. The van der Waals surface area contributed by atoms with Gasteiger partial charge in [-0.15, -0.1) is 0 Å². The van der Waals surface area contributed by atoms with Crippen LogP contribution in [0.3, 0.4) is 0 Å². The summed E-state index contributed by atoms with van der Waals surface area (Å²) in [5, 5.41) is 32.2. The second-order valence-electron chi connectivity index (χ2n) is 6.86. The number of hydrogen-bond acceptors (Lipinski definition) is 6. The topological polar surface area (TPSA) is 153 Å². The van der Waals surface area contributed by atoms with Crippen LogP contribution in [0.2, 0.25) is 10.0 Å². The summed E-state index contributed by atoms with van der Waals surface area (Å²) in [6.45, 7) is 5.49. The van der Waals surface area contributed by atoms with E-state index in [1.54, 1.807) is 0 Å². The van der Waals surface area contributed by atoms with Crippen LogP contribution in [-0.2, 0) is 0 Å². The van der Waals surface area contributed by atoms with Crippen molar-refractivity contribution in [2.45, 2.75) is 26.3 Å². The Morgan fingerprint density at radius 3 is 1.67 bits per heavy atom. The number of carboxylic acid groups (broad SMARTS) is 1. The molecular formula is C18H17Cl2N3O7. The Balaban J connectivity index is 0.000000311. The first kappa shape index (κ1) is 24.8. The molecule has 0 fully saturated rings. The highest BCUT2D eigenvalue weighted by molar-refractivity contribution is 6.33. The van der Waals surface area contributed by atoms with E-state index in [2.05, 4.69) is 5.32 Å². The van der Waals surface area contributed by atoms with Crippen LogP contribution in [0.15, 0.2) is 36.4 Å². The van der Waals surface area contributed by atoms with E-state index in [1.807, 2.05) is 20.8 Å². The van der Waals surface area contributed by atoms with Crippen LogP contribution in [0.4, 0.5) is 11.4 Å². The standard InChI is InChI=1S/C11H13ClN2O3.C7H4ClNO4/c1-11(2,3)13-10(15)7-4-5-8(12)9(6-7)14(16)17;8-5-2-1-4(7(10)11)3-6(5)9(12)13/h4-6H,1-3H3,(H,13,15);1-3H,(H,10,11). The van der Waals surface area contributed by atoms with Gasteiger partial charge in [-0.1, -0.05) is 23.2 Å². The number of amides is 1. The van der Waals surface area contributed by atoms with Gasteiger partial charge in [-0.05, 0) is 45.0 Å². The molecule has 0 spiro atoms. The average molecular weight is 458 g/mol. The predicted octanol–water partition coefficient (Wildman–Crippen LogP) is 4.72. The van der Waals surface area contributed by atoms with Crippen molar-refractivity contribution in [2.24, 2.45) is 0 Å². The van der Waals surface area contributed by atoms with E-state index >= 15 is 0 Å². The molecule has 0 saturated carbocycles. The molecule has 30 heavy (non-hydrogen) atoms. The van der Waals surface area contributed by atoms with E-state index in [-0.39, 0.29) is 32.8 Å². The molecule has 0 aromatic heterocycles. The van der Waals surface area contributed by atoms with Crippen molar-refractivity contribution < 1.29 is 24.5 Å². The van der Waals surface area contributed by atoms with Crippen molar-refractivity contribution in [3.8, 4) is 0 Å². The maximum Gasteiger partial charge on any atom is 0.335 e. The van der Waals surface area contributed by atoms with Crippen LogP contribution in [0.25, 0.3) is 0 Å². The molecule has 0 bridgehead atoms. The molecule has 2 aromatic carbocycles. The Kier molecular flexibility index (Phi) is 8.26. The molecule has 2 aromatic rings. The van der Waals surface area contributed by atoms with Gasteiger partial charge in [0.15, 0.2) is 0 Å². The van der Waals surface area contributed by atoms with E-state index in [0.29, 0.717) is 0 Å². The number of carboxylic acids is 1. The second-order valence-corrected chi connectivity index (χ2v) is 7.67. The number of aromatic carboxylic acids is 1. The Bertz CT molecular complexity index is 1000. The van der Waals surface area contributed by atoms with E-state index < -0.39 is 27.0 Å². The van der Waals surface area contributed by atoms with Gasteiger partial charge in [-0.3, -0.25) is 25.0 Å². The molecule has 0 unspecified atom stereocenters. The summed E-state index contributed by atoms with van der Waals surface area (Å²) in [6, 6.07) is 7.28. The Morgan fingerprint density at radius 2 is 1.30 bits per heavy atom. The quantitative estimate of drug-likeness (QED) is 0.496. The molecular weight excluding hydrogens is 441 g/mol. The van der Waals surface area contributed by atoms with E-state index in [4.69, 9.17) is 28.3 Å². The molecule has 0 aliphatic heterocycles. The predicted molar refractivity (Wildman–Crippen MR) is 110 cm³/mol. The SMILES string of the molecule is CC(C)(C)NC(=O)c1ccc(Cl)c([N+](=O)[O-])c1.O=C(O)c1ccc(Cl)c([N+](=O)[O-])c1. The summed E-state index contributed by atoms with van der Waals surface area (Å²) in [7, 11) is 0. The average Bonchev–Trinajstić information content (AvgIpc) is 2.60. The molecule has 0 saturated heterocycles. The van der Waals surface area contributed by atoms with Gasteiger partial charge < -0.3 is 10.4 Å². The summed E-state index contributed by atoms with van der Waals surface area (Å²) < 4.78 is 0. The van der Waals surface area contributed by atoms with Crippen molar-refractivity contribution in [3.63, 3.8) is 0 Å². The minimum atomic E-state index is -1.22. The molecule has 2 N–H and O–H groups in total. The van der Waals surface area contributed by atoms with Crippen LogP contribution in [-0.4, -0.2) is 32.4 Å². The van der Waals surface area contributed by atoms with E-state index in [9.17, 15) is 29.8 Å². The molecule has 2 rings (SSSR count). The lowest BCUT2D eigenvalue weighted by atomic mass is 10.1. The van der Waals surface area contributed by atoms with Crippen molar-refractivity contribution in [1.82, 2.24) is 5.32 Å². The van der Waals surface area contributed by atoms with Gasteiger partial charge in [0.2, 0.25) is 0 Å². The Labute approximate surface area is 180 Å². The lowest BCUT2D eigenvalue weighted by molar-refractivity contribution is -0.384. The number of benzene rings is 2. The molecule has 12 heteroatoms. The number of nitrogens with one attached hydrogen (secondary N) is 1. The van der Waals surface area contributed by atoms with Gasteiger partial charge >= 0.3 is 5.97 Å². The zero-order valence-corrected chi connectivity index (χ0v) is 17.5. The fourth-order valence-electron chi connectivity index (χ4n) is 1.99. The normalized spacial score (nSPS) is 10.4. The lowest BCUT2D eigenvalue weighted by Crippen LogP contribution is -2.40. The fourth-order valence-corrected chi connectivity index (χ4v) is 2.37. The van der Waals surface area contributed by atoms with Gasteiger partial charge in [0.1, 0.15) is 10.0 Å². The number of rotatable bonds is 4. The van der Waals surface area contributed by atoms with E-state index in [0.717, 1.165) is 6.07 Å². The summed E-state index contributed by atoms with van der Waals surface area (Å²) in [6.07, 6.45) is 0. The number of hydrogen-bond donors (Lipinski definition) is 2. The molecule has 0 aliphatic carbocycles. The Morgan fingerprint density at radius 1 is 0.900 bits per heavy atom. The van der Waals surface area contributed by atoms with Crippen LogP contribution < -0.4 is 5.32 Å². The minimum Gasteiger partial charge on any atom is -0.478 e. The van der Waals surface area contributed by atoms with Crippen LogP contribution in [0.1, 0.15) is 41.5 Å². The Hall–Kier alpha value is -3.24. The summed E-state index contributed by atoms with van der Waals surface area (Å²) in [5.41, 5.74) is -1.01. The van der Waals surface area contributed by atoms with Gasteiger partial charge in [0.25, 0.3) is 17.3 Å². The first-order valence-corrected chi connectivity index (χ1v) is 8.92. The maximum atomic E-state index is 11.8. The number of nitro benzene ring substituents is 2. The fraction of sp³-hybridized carbons (Fsp3) is 0.222. The number of nitrogens with zero attached hydrogens (tertiary/aromatic N) is 2. The highest BCUT2D eigenvalue weighted by atomic mass is 35.5. The molecule has 0 aliphatic rings. The van der Waals surface area contributed by atoms with Gasteiger partial charge in [-0.2, -0.15) is 0 Å². The summed E-state index contributed by atoms with van der Waals surface area (Å²) >= 11 is 11.1. The zero-order chi connectivity index (χ0) is 23.2. The van der Waals surface area contributed by atoms with Crippen LogP contribution in [0, 0.1) is 20.2 Å². The maximum absolute atomic E-state index is 11.8. The first-order chi connectivity index (χ1) is 13.7. The molecule has 1 amide bonds. The smallest absolute Gasteiger partial charge is 0.335 e. The van der Waals surface area contributed by atoms with Crippen molar-refractivity contribution in [3.05, 3.63) is 77.8 Å². The molecule has 0 radical (unpaired) electrons. The third-order valence-corrected chi connectivity index (χ3v) is 3.92. The summed E-state index contributed by atoms with van der Waals surface area (Å²) in [4.78, 5) is 41.8. The van der Waals surface area contributed by atoms with Crippen LogP contribution >= 0.6 is 23.2 Å². The largest absolute Gasteiger partial charge is 0.478 e. The summed E-state index contributed by atoms with van der Waals surface area (Å²) in [5.74, 6) is -1.59. The third kappa shape index (κ3) is 7.30. The second kappa shape index (κ2) is 9.99. The third-order valence-electron chi connectivity index (χ3n) is 3.28. The number of carbonyl (C=O) groups excluding carboxylic acids is 1. The zero-order valence-electron chi connectivity index (χ0n) is 16.0. The first-order valence-electron chi connectivity index (χ1n) is 8.16. The van der Waals surface area contributed by atoms with Gasteiger partial charge in [0, 0.05) is 23.2 Å². The molecule has 10 nitrogen and oxygen atoms in total. The molecule has 0 atom stereocenters. The van der Waals surface area contributed by atoms with Gasteiger partial charge in [-0.25, -0.2) is 4.79 Å². The molecule has 0 heterocycles. The van der Waals surface area contributed by atoms with Crippen molar-refractivity contribution in [2.75, 3.05) is 0 Å². The van der Waals surface area contributed by atoms with Crippen molar-refractivity contribution in [1.29, 1.82) is 0 Å². The highest BCUT2D eigenvalue weighted by Crippen LogP contribution is 2.26. The minimum absolute atomic E-state index is 0.0160. The lowest BCUT2D eigenvalue weighted by Gasteiger charge is -2.20. The van der Waals surface area contributed by atoms with Crippen LogP contribution in [0.5, 0.6) is 0 Å². The van der Waals surface area contributed by atoms with E-state index in [1.165, 1.54) is 30.3 Å². The number of nitro groups is 2. The number of halogens is 2. The van der Waals surface area contributed by atoms with Crippen molar-refractivity contribution >= 4 is 46.5 Å². The monoisotopic (exact) mass is 457 g/mol. The highest BCUT2D eigenvalue weighted by Gasteiger charge is 2.19. The van der Waals surface area contributed by atoms with Gasteiger partial charge in [0.05, 0.1) is 15.4 Å².